The number of ether oxygens (including phenoxy) is 2. The summed E-state index contributed by atoms with van der Waals surface area (Å²) in [5, 5.41) is 61.9. The quantitative estimate of drug-likeness (QED) is 0.0380. The maximum absolute atomic E-state index is 12.7. The molecule has 11 rings (SSSR count). The predicted molar refractivity (Wildman–Crippen MR) is 358 cm³/mol. The van der Waals surface area contributed by atoms with Gasteiger partial charge in [0.15, 0.2) is 6.04 Å². The zero-order valence-electron chi connectivity index (χ0n) is 50.2. The van der Waals surface area contributed by atoms with Crippen LogP contribution in [0.25, 0.3) is 49.8 Å². The molecule has 3 atom stereocenters. The van der Waals surface area contributed by atoms with Gasteiger partial charge in [-0.3, -0.25) is 9.59 Å². The Morgan fingerprint density at radius 3 is 1.23 bits per heavy atom. The molecule has 0 aliphatic carbocycles. The van der Waals surface area contributed by atoms with E-state index in [1.54, 1.807) is 59.5 Å². The van der Waals surface area contributed by atoms with Crippen molar-refractivity contribution in [2.75, 3.05) is 36.2 Å². The van der Waals surface area contributed by atoms with Gasteiger partial charge >= 0.3 is 18.2 Å². The second kappa shape index (κ2) is 34.3. The van der Waals surface area contributed by atoms with Gasteiger partial charge in [0.2, 0.25) is 11.8 Å². The van der Waals surface area contributed by atoms with Crippen molar-refractivity contribution < 1.29 is 53.9 Å². The van der Waals surface area contributed by atoms with Crippen molar-refractivity contribution in [3.63, 3.8) is 0 Å². The largest absolute Gasteiger partial charge is 0.480 e. The van der Waals surface area contributed by atoms with Crippen LogP contribution in [0.15, 0.2) is 207 Å². The number of amides is 4. The third-order valence-corrected chi connectivity index (χ3v) is 13.5. The lowest BCUT2D eigenvalue weighted by Crippen LogP contribution is -2.46. The van der Waals surface area contributed by atoms with Crippen LogP contribution in [0, 0.1) is 20.8 Å². The van der Waals surface area contributed by atoms with E-state index >= 15 is 0 Å². The van der Waals surface area contributed by atoms with Gasteiger partial charge < -0.3 is 62.6 Å². The predicted octanol–water partition coefficient (Wildman–Crippen LogP) is 9.27. The number of carbonyl (C=O) groups is 5. The normalized spacial score (nSPS) is 11.4. The monoisotopic (exact) mass is 1290 g/mol. The number of nitrogens with one attached hydrogen (secondary N) is 4. The number of aliphatic hydroxyl groups is 3. The fourth-order valence-corrected chi connectivity index (χ4v) is 8.87. The Labute approximate surface area is 541 Å². The van der Waals surface area contributed by atoms with E-state index in [2.05, 4.69) is 50.3 Å². The van der Waals surface area contributed by atoms with Crippen molar-refractivity contribution in [3.05, 3.63) is 234 Å². The van der Waals surface area contributed by atoms with E-state index in [1.807, 2.05) is 168 Å². The summed E-state index contributed by atoms with van der Waals surface area (Å²) in [6.45, 7) is 4.56. The van der Waals surface area contributed by atoms with Crippen LogP contribution in [-0.2, 0) is 37.1 Å². The molecule has 4 amide bonds. The standard InChI is InChI=1S/C25H24N4O4.C17H18N4O2.C14H13N3.C11H13NO5.2ClH/c1-17-6-5-9-21(12-17)29-23-13-20(11-10-19(23)14-26-29)27-24(31)22(15-30)28-25(32)33-16-18-7-3-2-4-8-18;1-11-3-2-4-14(7-11)21-16-8-13(6-5-12(16)9-19-21)20-17(23)15(18)10-22;1-10-3-2-4-13(7-10)17-14-8-12(15)6-5-11(14)9-16-17;13-6-9(10(14)15)12-11(16)17-7-8-4-2-1-3-5-8;;/h2-14,22,30H,15-16H2,1H3,(H,27,31)(H,28,32);2-9,15,22H,10,18H2,1H3,(H,20,23);2-9H,15H2,1H3;1-5,9,13H,6-7H2,(H,12,16)(H,14,15);2*1H. The average molecular weight is 1290 g/mol. The zero-order chi connectivity index (χ0) is 64.1. The van der Waals surface area contributed by atoms with Crippen molar-refractivity contribution in [1.82, 2.24) is 40.0 Å². The third kappa shape index (κ3) is 19.7. The number of nitrogens with zero attached hydrogens (tertiary/aromatic N) is 6. The van der Waals surface area contributed by atoms with Crippen molar-refractivity contribution in [2.24, 2.45) is 5.73 Å². The molecule has 478 valence electrons. The van der Waals surface area contributed by atoms with Crippen LogP contribution in [0.5, 0.6) is 0 Å². The number of carboxylic acid groups (broad SMARTS) is 1. The van der Waals surface area contributed by atoms with Crippen LogP contribution in [0.1, 0.15) is 27.8 Å². The van der Waals surface area contributed by atoms with Gasteiger partial charge in [0.25, 0.3) is 0 Å². The van der Waals surface area contributed by atoms with E-state index in [4.69, 9.17) is 36.3 Å². The number of hydrogen-bond acceptors (Lipinski definition) is 15. The van der Waals surface area contributed by atoms with Crippen LogP contribution in [-0.4, -0.2) is 118 Å². The van der Waals surface area contributed by atoms with Gasteiger partial charge in [0.05, 0.1) is 72.0 Å². The number of aryl methyl sites for hydroxylation is 3. The minimum Gasteiger partial charge on any atom is -0.480 e. The molecule has 0 radical (unpaired) electrons. The first kappa shape index (κ1) is 70.4. The molecule has 11 aromatic rings. The number of aromatic nitrogens is 6. The molecular formula is C67H70Cl2N12O11. The average Bonchev–Trinajstić information content (AvgIpc) is 1.67. The van der Waals surface area contributed by atoms with E-state index in [1.165, 1.54) is 5.56 Å². The first-order valence-electron chi connectivity index (χ1n) is 28.3. The van der Waals surface area contributed by atoms with Crippen molar-refractivity contribution in [2.45, 2.75) is 52.1 Å². The number of aliphatic carboxylic acids is 1. The number of nitrogen functional groups attached to an aromatic ring is 1. The molecule has 0 bridgehead atoms. The van der Waals surface area contributed by atoms with E-state index < -0.39 is 67.9 Å². The number of hydrogen-bond donors (Lipinski definition) is 10. The number of carboxylic acids is 1. The lowest BCUT2D eigenvalue weighted by atomic mass is 10.2. The number of anilines is 3. The second-order valence-electron chi connectivity index (χ2n) is 20.5. The highest BCUT2D eigenvalue weighted by Crippen LogP contribution is 2.26. The van der Waals surface area contributed by atoms with Gasteiger partial charge in [-0.1, -0.05) is 97.1 Å². The van der Waals surface area contributed by atoms with Crippen LogP contribution in [0.4, 0.5) is 26.7 Å². The first-order valence-corrected chi connectivity index (χ1v) is 28.3. The number of halogens is 2. The van der Waals surface area contributed by atoms with Gasteiger partial charge in [-0.2, -0.15) is 15.3 Å². The maximum Gasteiger partial charge on any atom is 0.408 e. The summed E-state index contributed by atoms with van der Waals surface area (Å²) in [5.74, 6) is -2.30. The molecule has 0 saturated carbocycles. The molecule has 0 fully saturated rings. The molecule has 3 unspecified atom stereocenters. The van der Waals surface area contributed by atoms with E-state index in [0.717, 1.165) is 77.7 Å². The summed E-state index contributed by atoms with van der Waals surface area (Å²) in [6.07, 6.45) is 3.72. The lowest BCUT2D eigenvalue weighted by molar-refractivity contribution is -0.140. The van der Waals surface area contributed by atoms with Crippen molar-refractivity contribution in [1.29, 1.82) is 0 Å². The molecule has 0 aliphatic heterocycles. The number of carbonyl (C=O) groups excluding carboxylic acids is 4. The van der Waals surface area contributed by atoms with Gasteiger partial charge in [0, 0.05) is 33.2 Å². The Balaban J connectivity index is 0.000000201. The number of rotatable bonds is 17. The summed E-state index contributed by atoms with van der Waals surface area (Å²) in [5.41, 5.74) is 23.9. The van der Waals surface area contributed by atoms with Crippen LogP contribution >= 0.6 is 24.8 Å². The van der Waals surface area contributed by atoms with E-state index in [-0.39, 0.29) is 38.0 Å². The van der Waals surface area contributed by atoms with E-state index in [9.17, 15) is 29.1 Å². The van der Waals surface area contributed by atoms with Gasteiger partial charge in [-0.15, -0.1) is 24.8 Å². The topological polar surface area (TPSA) is 338 Å². The summed E-state index contributed by atoms with van der Waals surface area (Å²) >= 11 is 0. The smallest absolute Gasteiger partial charge is 0.408 e. The van der Waals surface area contributed by atoms with Crippen molar-refractivity contribution >= 4 is 105 Å². The number of alkyl carbamates (subject to hydrolysis) is 2. The number of fused-ring (bicyclic) bond motifs is 3. The highest BCUT2D eigenvalue weighted by molar-refractivity contribution is 5.99. The van der Waals surface area contributed by atoms with Crippen molar-refractivity contribution in [3.8, 4) is 17.1 Å². The summed E-state index contributed by atoms with van der Waals surface area (Å²) < 4.78 is 15.4. The number of nitrogens with two attached hydrogens (primary N) is 2. The Bertz CT molecular complexity index is 4240. The Hall–Kier alpha value is -10.7. The molecule has 3 heterocycles. The molecule has 0 spiro atoms. The molecule has 25 heteroatoms. The Morgan fingerprint density at radius 1 is 0.467 bits per heavy atom. The van der Waals surface area contributed by atoms with Gasteiger partial charge in [-0.05, 0) is 140 Å². The van der Waals surface area contributed by atoms with Gasteiger partial charge in [0.1, 0.15) is 25.3 Å². The molecule has 0 aliphatic rings. The highest BCUT2D eigenvalue weighted by Gasteiger charge is 2.22. The second-order valence-corrected chi connectivity index (χ2v) is 20.5. The molecule has 3 aromatic heterocycles. The number of aliphatic hydroxyl groups excluding tert-OH is 3. The minimum atomic E-state index is -1.35. The van der Waals surface area contributed by atoms with Crippen LogP contribution in [0.2, 0.25) is 0 Å². The zero-order valence-corrected chi connectivity index (χ0v) is 51.8. The first-order chi connectivity index (χ1) is 43.5. The maximum atomic E-state index is 12.7. The highest BCUT2D eigenvalue weighted by atomic mass is 35.5. The molecule has 23 nitrogen and oxygen atoms in total. The SMILES string of the molecule is Cc1cccc(-n2ncc3ccc(N)cc32)c1.Cc1cccc(-n2ncc3ccc(NC(=O)C(CO)NC(=O)OCc4ccccc4)cc32)c1.Cc1cccc(-n2ncc3ccc(NC(=O)C(N)CO)cc32)c1.Cl.Cl.O=C(NC(CO)C(=O)O)OCc1ccccc1. The Kier molecular flexibility index (Phi) is 26.3. The fraction of sp³-hybridized carbons (Fsp3) is 0.164. The number of benzene rings is 8. The van der Waals surface area contributed by atoms with Crippen LogP contribution in [0.3, 0.4) is 0 Å². The van der Waals surface area contributed by atoms with E-state index in [0.29, 0.717) is 11.4 Å². The summed E-state index contributed by atoms with van der Waals surface area (Å²) in [4.78, 5) is 58.2. The lowest BCUT2D eigenvalue weighted by Gasteiger charge is -2.16. The van der Waals surface area contributed by atoms with Gasteiger partial charge in [-0.25, -0.2) is 28.4 Å². The molecule has 8 aromatic carbocycles. The molecule has 0 saturated heterocycles. The molecule has 92 heavy (non-hydrogen) atoms. The fourth-order valence-electron chi connectivity index (χ4n) is 8.87. The summed E-state index contributed by atoms with van der Waals surface area (Å²) in [6, 6.07) is 55.6. The Morgan fingerprint density at radius 2 is 0.848 bits per heavy atom. The molecule has 12 N–H and O–H groups in total. The minimum absolute atomic E-state index is 0. The summed E-state index contributed by atoms with van der Waals surface area (Å²) in [7, 11) is 0. The molecular weight excluding hydrogens is 1220 g/mol. The van der Waals surface area contributed by atoms with Crippen LogP contribution < -0.4 is 32.7 Å². The third-order valence-electron chi connectivity index (χ3n) is 13.5.